The van der Waals surface area contributed by atoms with Crippen molar-refractivity contribution in [3.63, 3.8) is 0 Å². The molecule has 0 radical (unpaired) electrons. The van der Waals surface area contributed by atoms with Crippen molar-refractivity contribution in [1.82, 2.24) is 0 Å². The zero-order chi connectivity index (χ0) is 46.4. The third kappa shape index (κ3) is 9.19. The van der Waals surface area contributed by atoms with Crippen LogP contribution in [-0.4, -0.2) is 0 Å². The molecule has 0 fully saturated rings. The van der Waals surface area contributed by atoms with Gasteiger partial charge in [0, 0.05) is 0 Å². The van der Waals surface area contributed by atoms with E-state index in [4.69, 9.17) is 0 Å². The molecule has 0 saturated carbocycles. The second kappa shape index (κ2) is 22.4. The molecule has 0 aliphatic rings. The molecule has 0 saturated heterocycles. The Hall–Kier alpha value is -7.54. The van der Waals surface area contributed by atoms with Gasteiger partial charge < -0.3 is 0 Å². The van der Waals surface area contributed by atoms with Gasteiger partial charge >= 0.3 is 0 Å². The predicted molar refractivity (Wildman–Crippen MR) is 294 cm³/mol. The lowest BCUT2D eigenvalue weighted by Crippen LogP contribution is -1.94. The average Bonchev–Trinajstić information content (AvgIpc) is 3.42. The van der Waals surface area contributed by atoms with Gasteiger partial charge in [0.25, 0.3) is 0 Å². The summed E-state index contributed by atoms with van der Waals surface area (Å²) in [5.74, 6) is 0. The van der Waals surface area contributed by atoms with Gasteiger partial charge in [-0.05, 0) is 122 Å². The molecule has 0 heteroatoms. The second-order valence-electron chi connectivity index (χ2n) is 15.2. The van der Waals surface area contributed by atoms with Crippen molar-refractivity contribution in [3.8, 4) is 66.8 Å². The molecule has 0 nitrogen and oxygen atoms in total. The molecular formula is C66H62. The summed E-state index contributed by atoms with van der Waals surface area (Å²) in [7, 11) is 0. The highest BCUT2D eigenvalue weighted by Crippen LogP contribution is 2.48. The molecule has 11 aromatic carbocycles. The Kier molecular flexibility index (Phi) is 15.8. The zero-order valence-electron chi connectivity index (χ0n) is 39.9. The second-order valence-corrected chi connectivity index (χ2v) is 15.2. The van der Waals surface area contributed by atoms with Crippen LogP contribution in [-0.2, 0) is 0 Å². The van der Waals surface area contributed by atoms with Crippen LogP contribution < -0.4 is 0 Å². The first-order valence-electron chi connectivity index (χ1n) is 24.1. The van der Waals surface area contributed by atoms with E-state index in [1.165, 1.54) is 110 Å². The minimum Gasteiger partial charge on any atom is -0.0683 e. The summed E-state index contributed by atoms with van der Waals surface area (Å²) in [6, 6.07) is 84.6. The molecule has 11 rings (SSSR count). The Morgan fingerprint density at radius 2 is 0.545 bits per heavy atom. The van der Waals surface area contributed by atoms with Crippen LogP contribution in [0.3, 0.4) is 0 Å². The van der Waals surface area contributed by atoms with Crippen LogP contribution in [0.4, 0.5) is 0 Å². The summed E-state index contributed by atoms with van der Waals surface area (Å²) in [4.78, 5) is 0. The molecule has 0 unspecified atom stereocenters. The Labute approximate surface area is 393 Å². The third-order valence-electron chi connectivity index (χ3n) is 11.9. The normalized spacial score (nSPS) is 10.4. The number of hydrogen-bond acceptors (Lipinski definition) is 0. The molecule has 0 aromatic heterocycles. The molecule has 0 bridgehead atoms. The van der Waals surface area contributed by atoms with Gasteiger partial charge in [0.1, 0.15) is 0 Å². The van der Waals surface area contributed by atoms with Gasteiger partial charge in [0.05, 0.1) is 0 Å². The largest absolute Gasteiger partial charge is 0.0683 e. The van der Waals surface area contributed by atoms with E-state index < -0.39 is 0 Å². The molecule has 0 amide bonds. The summed E-state index contributed by atoms with van der Waals surface area (Å²) in [6.45, 7) is 16.0. The van der Waals surface area contributed by atoms with Crippen LogP contribution in [0.25, 0.3) is 110 Å². The highest BCUT2D eigenvalue weighted by atomic mass is 14.2. The van der Waals surface area contributed by atoms with E-state index in [0.29, 0.717) is 0 Å². The Morgan fingerprint density at radius 1 is 0.182 bits per heavy atom. The first kappa shape index (κ1) is 46.5. The van der Waals surface area contributed by atoms with Gasteiger partial charge in [0.2, 0.25) is 0 Å². The van der Waals surface area contributed by atoms with Crippen molar-refractivity contribution in [3.05, 3.63) is 231 Å². The Bertz CT molecular complexity index is 3250. The Morgan fingerprint density at radius 3 is 1.11 bits per heavy atom. The maximum atomic E-state index is 2.44. The number of hydrogen-bond donors (Lipinski definition) is 0. The smallest absolute Gasteiger partial charge is 0.00199 e. The fourth-order valence-electron chi connectivity index (χ4n) is 9.16. The van der Waals surface area contributed by atoms with Crippen LogP contribution >= 0.6 is 0 Å². The molecule has 0 aliphatic carbocycles. The molecule has 0 aliphatic heterocycles. The Balaban J connectivity index is 0.000000771. The summed E-state index contributed by atoms with van der Waals surface area (Å²) < 4.78 is 0. The van der Waals surface area contributed by atoms with E-state index in [-0.39, 0.29) is 0 Å². The topological polar surface area (TPSA) is 0 Å². The van der Waals surface area contributed by atoms with E-state index >= 15 is 0 Å². The lowest BCUT2D eigenvalue weighted by molar-refractivity contribution is 1.50. The van der Waals surface area contributed by atoms with Crippen LogP contribution in [0, 0.1) is 0 Å². The number of fused-ring (bicyclic) bond motifs is 4. The van der Waals surface area contributed by atoms with Gasteiger partial charge in [-0.3, -0.25) is 0 Å². The van der Waals surface area contributed by atoms with Crippen molar-refractivity contribution in [2.45, 2.75) is 55.4 Å². The van der Waals surface area contributed by atoms with E-state index in [9.17, 15) is 0 Å². The molecular weight excluding hydrogens is 793 g/mol. The zero-order valence-corrected chi connectivity index (χ0v) is 39.9. The summed E-state index contributed by atoms with van der Waals surface area (Å²) >= 11 is 0. The van der Waals surface area contributed by atoms with Crippen molar-refractivity contribution in [2.24, 2.45) is 0 Å². The van der Waals surface area contributed by atoms with E-state index in [2.05, 4.69) is 231 Å². The van der Waals surface area contributed by atoms with Crippen molar-refractivity contribution >= 4 is 43.1 Å². The summed E-state index contributed by atoms with van der Waals surface area (Å²) in [5.41, 5.74) is 14.7. The van der Waals surface area contributed by atoms with Gasteiger partial charge in [-0.15, -0.1) is 0 Å². The van der Waals surface area contributed by atoms with Crippen molar-refractivity contribution in [2.75, 3.05) is 0 Å². The lowest BCUT2D eigenvalue weighted by atomic mass is 9.82. The molecule has 0 N–H and O–H groups in total. The first-order valence-corrected chi connectivity index (χ1v) is 24.1. The first-order chi connectivity index (χ1) is 32.8. The fourth-order valence-corrected chi connectivity index (χ4v) is 9.16. The summed E-state index contributed by atoms with van der Waals surface area (Å²) in [6.07, 6.45) is 0. The lowest BCUT2D eigenvalue weighted by Gasteiger charge is -2.21. The fraction of sp³-hybridized carbons (Fsp3) is 0.121. The van der Waals surface area contributed by atoms with Crippen LogP contribution in [0.1, 0.15) is 55.4 Å². The van der Waals surface area contributed by atoms with Gasteiger partial charge in [-0.25, -0.2) is 0 Å². The highest BCUT2D eigenvalue weighted by Gasteiger charge is 2.20. The molecule has 326 valence electrons. The maximum Gasteiger partial charge on any atom is -0.00199 e. The van der Waals surface area contributed by atoms with E-state index in [0.717, 1.165) is 0 Å². The van der Waals surface area contributed by atoms with Crippen LogP contribution in [0.2, 0.25) is 0 Å². The molecule has 66 heavy (non-hydrogen) atoms. The number of rotatable bonds is 6. The van der Waals surface area contributed by atoms with Crippen molar-refractivity contribution in [1.29, 1.82) is 0 Å². The molecule has 0 spiro atoms. The van der Waals surface area contributed by atoms with Gasteiger partial charge in [0.15, 0.2) is 0 Å². The molecule has 0 heterocycles. The standard InChI is InChI=1S/C58H38.4C2H6/c1-2-17-43(18-3-1)57-52-25-8-10-27-54(52)58(55-28-11-9-26-53(55)57)56-38-46(35-36-51(56)50-30-14-20-41-16-5-7-24-49(41)50)45-22-12-21-44(37-45)39-31-33-42(34-32-39)48-29-13-19-40-15-4-6-23-47(40)48;4*1-2/h1-38H;4*1-2H3. The maximum absolute atomic E-state index is 2.44. The summed E-state index contributed by atoms with van der Waals surface area (Å²) in [5, 5.41) is 10.0. The van der Waals surface area contributed by atoms with E-state index in [1.54, 1.807) is 0 Å². The molecule has 0 atom stereocenters. The number of benzene rings is 11. The SMILES string of the molecule is CC.CC.CC.CC.c1ccc(-c2c3ccccc3c(-c3cc(-c4cccc(-c5ccc(-c6cccc7ccccc67)cc5)c4)ccc3-c3cccc4ccccc34)c3ccccc23)cc1. The predicted octanol–water partition coefficient (Wildman–Crippen LogP) is 20.4. The quantitative estimate of drug-likeness (QED) is 0.146. The average molecular weight is 855 g/mol. The molecule has 11 aromatic rings. The third-order valence-corrected chi connectivity index (χ3v) is 11.9. The minimum atomic E-state index is 1.19. The van der Waals surface area contributed by atoms with Gasteiger partial charge in [-0.1, -0.05) is 274 Å². The van der Waals surface area contributed by atoms with Crippen LogP contribution in [0.15, 0.2) is 231 Å². The van der Waals surface area contributed by atoms with Gasteiger partial charge in [-0.2, -0.15) is 0 Å². The minimum absolute atomic E-state index is 1.19. The van der Waals surface area contributed by atoms with E-state index in [1.807, 2.05) is 55.4 Å². The van der Waals surface area contributed by atoms with Crippen molar-refractivity contribution < 1.29 is 0 Å². The monoisotopic (exact) mass is 854 g/mol. The highest BCUT2D eigenvalue weighted by molar-refractivity contribution is 6.23. The van der Waals surface area contributed by atoms with Crippen LogP contribution in [0.5, 0.6) is 0 Å².